The third-order valence-corrected chi connectivity index (χ3v) is 3.66. The maximum absolute atomic E-state index is 9.22. The highest BCUT2D eigenvalue weighted by atomic mass is 31.2. The molecule has 0 aliphatic rings. The zero-order valence-corrected chi connectivity index (χ0v) is 9.93. The van der Waals surface area contributed by atoms with Gasteiger partial charge >= 0.3 is 0 Å². The molecular weight excluding hydrogens is 231 g/mol. The van der Waals surface area contributed by atoms with Gasteiger partial charge < -0.3 is 9.79 Å². The van der Waals surface area contributed by atoms with Crippen LogP contribution in [0.25, 0.3) is 21.5 Å². The highest BCUT2D eigenvalue weighted by molar-refractivity contribution is 7.54. The van der Waals surface area contributed by atoms with Crippen LogP contribution < -0.4 is 5.30 Å². The van der Waals surface area contributed by atoms with Gasteiger partial charge in [0.25, 0.3) is 0 Å². The molecule has 3 rings (SSSR count). The van der Waals surface area contributed by atoms with E-state index >= 15 is 0 Å². The Morgan fingerprint density at radius 3 is 1.88 bits per heavy atom. The van der Waals surface area contributed by atoms with Gasteiger partial charge in [0.2, 0.25) is 0 Å². The van der Waals surface area contributed by atoms with Crippen LogP contribution in [0.3, 0.4) is 0 Å². The summed E-state index contributed by atoms with van der Waals surface area (Å²) < 4.78 is 0. The minimum Gasteiger partial charge on any atom is -0.347 e. The van der Waals surface area contributed by atoms with Gasteiger partial charge in [0.15, 0.2) is 8.38 Å². The molecule has 0 saturated heterocycles. The van der Waals surface area contributed by atoms with Crippen molar-refractivity contribution in [1.29, 1.82) is 0 Å². The third-order valence-electron chi connectivity index (χ3n) is 2.92. The molecule has 0 unspecified atom stereocenters. The molecule has 0 aliphatic carbocycles. The molecule has 0 fully saturated rings. The van der Waals surface area contributed by atoms with Crippen LogP contribution in [0.4, 0.5) is 0 Å². The minimum absolute atomic E-state index is 0.586. The van der Waals surface area contributed by atoms with Crippen LogP contribution in [0.1, 0.15) is 0 Å². The summed E-state index contributed by atoms with van der Waals surface area (Å²) in [5.41, 5.74) is 0. The number of hydrogen-bond donors (Lipinski definition) is 2. The van der Waals surface area contributed by atoms with Crippen molar-refractivity contribution in [1.82, 2.24) is 0 Å². The van der Waals surface area contributed by atoms with Gasteiger partial charge in [0.1, 0.15) is 0 Å². The molecule has 3 aromatic rings. The number of rotatable bonds is 1. The summed E-state index contributed by atoms with van der Waals surface area (Å²) in [6.07, 6.45) is 0. The Hall–Kier alpha value is -1.47. The average Bonchev–Trinajstić information content (AvgIpc) is 2.35. The molecule has 0 radical (unpaired) electrons. The average molecular weight is 242 g/mol. The van der Waals surface area contributed by atoms with Crippen LogP contribution in [0.15, 0.2) is 54.6 Å². The molecule has 2 N–H and O–H groups in total. The van der Waals surface area contributed by atoms with Crippen molar-refractivity contribution in [3.63, 3.8) is 0 Å². The maximum atomic E-state index is 9.22. The molecule has 17 heavy (non-hydrogen) atoms. The lowest BCUT2D eigenvalue weighted by Gasteiger charge is -2.06. The quantitative estimate of drug-likeness (QED) is 0.509. The van der Waals surface area contributed by atoms with Crippen LogP contribution in [-0.2, 0) is 0 Å². The number of fused-ring (bicyclic) bond motifs is 2. The molecule has 0 saturated carbocycles. The molecule has 0 atom stereocenters. The Balaban J connectivity index is 2.32. The summed E-state index contributed by atoms with van der Waals surface area (Å²) in [5, 5.41) is 5.10. The van der Waals surface area contributed by atoms with E-state index in [1.165, 1.54) is 5.39 Å². The van der Waals surface area contributed by atoms with Crippen molar-refractivity contribution >= 4 is 35.2 Å². The topological polar surface area (TPSA) is 40.5 Å². The fourth-order valence-corrected chi connectivity index (χ4v) is 2.51. The summed E-state index contributed by atoms with van der Waals surface area (Å²) >= 11 is 0. The first-order valence-corrected chi connectivity index (χ1v) is 6.59. The van der Waals surface area contributed by atoms with E-state index in [9.17, 15) is 9.79 Å². The van der Waals surface area contributed by atoms with Gasteiger partial charge in [-0.1, -0.05) is 30.3 Å². The molecular formula is C14H11O2P. The van der Waals surface area contributed by atoms with Crippen molar-refractivity contribution in [2.75, 3.05) is 0 Å². The summed E-state index contributed by atoms with van der Waals surface area (Å²) in [4.78, 5) is 18.4. The van der Waals surface area contributed by atoms with E-state index in [-0.39, 0.29) is 0 Å². The minimum atomic E-state index is -2.01. The van der Waals surface area contributed by atoms with E-state index in [1.54, 1.807) is 6.07 Å². The zero-order chi connectivity index (χ0) is 11.8. The van der Waals surface area contributed by atoms with Gasteiger partial charge in [0.05, 0.1) is 0 Å². The van der Waals surface area contributed by atoms with E-state index in [0.29, 0.717) is 5.30 Å². The smallest absolute Gasteiger partial charge is 0.199 e. The Bertz CT molecular complexity index is 692. The van der Waals surface area contributed by atoms with Gasteiger partial charge in [-0.05, 0) is 45.8 Å². The molecule has 0 spiro atoms. The molecule has 3 aromatic carbocycles. The predicted octanol–water partition coefficient (Wildman–Crippen LogP) is 2.91. The second kappa shape index (κ2) is 4.08. The number of benzene rings is 3. The monoisotopic (exact) mass is 242 g/mol. The fourth-order valence-electron chi connectivity index (χ4n) is 2.05. The second-order valence-corrected chi connectivity index (χ2v) is 5.12. The maximum Gasteiger partial charge on any atom is 0.199 e. The first-order valence-electron chi connectivity index (χ1n) is 5.34. The largest absolute Gasteiger partial charge is 0.347 e. The Morgan fingerprint density at radius 1 is 0.647 bits per heavy atom. The van der Waals surface area contributed by atoms with E-state index in [4.69, 9.17) is 0 Å². The fraction of sp³-hybridized carbons (Fsp3) is 0. The van der Waals surface area contributed by atoms with Crippen molar-refractivity contribution < 1.29 is 9.79 Å². The van der Waals surface area contributed by atoms with Crippen molar-refractivity contribution in [3.05, 3.63) is 54.6 Å². The molecule has 2 nitrogen and oxygen atoms in total. The molecule has 0 bridgehead atoms. The van der Waals surface area contributed by atoms with E-state index in [0.717, 1.165) is 16.2 Å². The van der Waals surface area contributed by atoms with Crippen LogP contribution in [0.2, 0.25) is 0 Å². The van der Waals surface area contributed by atoms with E-state index in [1.807, 2.05) is 24.3 Å². The molecule has 0 heterocycles. The normalized spacial score (nSPS) is 11.5. The predicted molar refractivity (Wildman–Crippen MR) is 72.4 cm³/mol. The van der Waals surface area contributed by atoms with Gasteiger partial charge in [-0.3, -0.25) is 0 Å². The first kappa shape index (κ1) is 10.7. The van der Waals surface area contributed by atoms with Crippen molar-refractivity contribution in [3.8, 4) is 0 Å². The Morgan fingerprint density at radius 2 is 1.24 bits per heavy atom. The van der Waals surface area contributed by atoms with Crippen LogP contribution in [-0.4, -0.2) is 9.79 Å². The highest BCUT2D eigenvalue weighted by Gasteiger charge is 2.05. The number of hydrogen-bond acceptors (Lipinski definition) is 2. The second-order valence-electron chi connectivity index (χ2n) is 4.02. The van der Waals surface area contributed by atoms with Gasteiger partial charge in [-0.25, -0.2) is 0 Å². The standard InChI is InChI=1S/C14H11O2P/c15-17(16)14-6-5-12-7-10-3-1-2-4-11(10)8-13(12)9-14/h1-9,15-16H. The SMILES string of the molecule is OP(O)c1ccc2cc3ccccc3cc2c1. The van der Waals surface area contributed by atoms with Crippen molar-refractivity contribution in [2.24, 2.45) is 0 Å². The zero-order valence-electron chi connectivity index (χ0n) is 9.04. The summed E-state index contributed by atoms with van der Waals surface area (Å²) in [5.74, 6) is 0. The Kier molecular flexibility index (Phi) is 2.56. The van der Waals surface area contributed by atoms with Gasteiger partial charge in [-0.2, -0.15) is 0 Å². The summed E-state index contributed by atoms with van der Waals surface area (Å²) in [6, 6.07) is 17.9. The molecule has 0 aliphatic heterocycles. The van der Waals surface area contributed by atoms with E-state index < -0.39 is 8.38 Å². The van der Waals surface area contributed by atoms with Crippen molar-refractivity contribution in [2.45, 2.75) is 0 Å². The van der Waals surface area contributed by atoms with E-state index in [2.05, 4.69) is 24.3 Å². The van der Waals surface area contributed by atoms with Crippen LogP contribution in [0, 0.1) is 0 Å². The lowest BCUT2D eigenvalue weighted by Crippen LogP contribution is -1.98. The Labute approximate surface area is 100 Å². The molecule has 84 valence electrons. The van der Waals surface area contributed by atoms with Gasteiger partial charge in [-0.15, -0.1) is 0 Å². The highest BCUT2D eigenvalue weighted by Crippen LogP contribution is 2.27. The molecule has 0 aromatic heterocycles. The molecule has 3 heteroatoms. The van der Waals surface area contributed by atoms with Crippen LogP contribution >= 0.6 is 8.38 Å². The summed E-state index contributed by atoms with van der Waals surface area (Å²) in [7, 11) is -2.01. The van der Waals surface area contributed by atoms with Crippen LogP contribution in [0.5, 0.6) is 0 Å². The first-order chi connectivity index (χ1) is 8.24. The lowest BCUT2D eigenvalue weighted by atomic mass is 10.0. The van der Waals surface area contributed by atoms with Gasteiger partial charge in [0, 0.05) is 5.30 Å². The molecule has 0 amide bonds. The lowest BCUT2D eigenvalue weighted by molar-refractivity contribution is 0.497. The third kappa shape index (κ3) is 1.91. The summed E-state index contributed by atoms with van der Waals surface area (Å²) in [6.45, 7) is 0.